The highest BCUT2D eigenvalue weighted by atomic mass is 35.5. The largest absolute Gasteiger partial charge is 0.461 e. The topological polar surface area (TPSA) is 65.0 Å². The second kappa shape index (κ2) is 4.08. The van der Waals surface area contributed by atoms with E-state index in [-0.39, 0.29) is 17.5 Å². The van der Waals surface area contributed by atoms with E-state index in [1.165, 1.54) is 11.3 Å². The normalized spacial score (nSPS) is 10.5. The summed E-state index contributed by atoms with van der Waals surface area (Å²) in [5.74, 6) is -0.530. The van der Waals surface area contributed by atoms with Gasteiger partial charge in [-0.15, -0.1) is 21.5 Å². The number of fused-ring (bicyclic) bond motifs is 1. The van der Waals surface area contributed by atoms with E-state index in [1.54, 1.807) is 12.4 Å². The molecular formula is C8H6ClN3O2S. The highest BCUT2D eigenvalue weighted by Crippen LogP contribution is 2.25. The molecule has 0 bridgehead atoms. The fraction of sp³-hybridized carbons (Fsp3) is 0.250. The van der Waals surface area contributed by atoms with Crippen LogP contribution in [0, 0.1) is 0 Å². The Balaban J connectivity index is 2.57. The van der Waals surface area contributed by atoms with E-state index < -0.39 is 5.97 Å². The lowest BCUT2D eigenvalue weighted by molar-refractivity contribution is 0.0520. The molecule has 0 spiro atoms. The number of carbonyl (C=O) groups excluding carboxylic acids is 1. The summed E-state index contributed by atoms with van der Waals surface area (Å²) >= 11 is 7.11. The third-order valence-electron chi connectivity index (χ3n) is 1.69. The van der Waals surface area contributed by atoms with Crippen molar-refractivity contribution >= 4 is 39.1 Å². The molecule has 0 saturated heterocycles. The number of carbonyl (C=O) groups is 1. The van der Waals surface area contributed by atoms with Gasteiger partial charge in [-0.3, -0.25) is 0 Å². The van der Waals surface area contributed by atoms with Gasteiger partial charge in [0.15, 0.2) is 10.8 Å². The molecule has 0 amide bonds. The van der Waals surface area contributed by atoms with Crippen LogP contribution >= 0.6 is 22.9 Å². The Labute approximate surface area is 94.1 Å². The summed E-state index contributed by atoms with van der Waals surface area (Å²) in [5, 5.41) is 7.60. The second-order valence-electron chi connectivity index (χ2n) is 2.59. The molecule has 2 heterocycles. The standard InChI is InChI=1S/C8H6ClN3O2S/c1-2-14-8(13)5-4-6(15-3-10-4)7(9)12-11-5/h3H,2H2,1H3. The Hall–Kier alpha value is -1.27. The lowest BCUT2D eigenvalue weighted by atomic mass is 10.3. The Morgan fingerprint density at radius 3 is 3.13 bits per heavy atom. The van der Waals surface area contributed by atoms with Gasteiger partial charge in [-0.25, -0.2) is 9.78 Å². The molecule has 0 aromatic carbocycles. The zero-order valence-corrected chi connectivity index (χ0v) is 9.30. The van der Waals surface area contributed by atoms with Crippen molar-refractivity contribution in [2.75, 3.05) is 6.61 Å². The van der Waals surface area contributed by atoms with Gasteiger partial charge >= 0.3 is 5.97 Å². The van der Waals surface area contributed by atoms with Gasteiger partial charge in [0.05, 0.1) is 16.8 Å². The SMILES string of the molecule is CCOC(=O)c1nnc(Cl)c2scnc12. The first kappa shape index (κ1) is 10.3. The van der Waals surface area contributed by atoms with Crippen LogP contribution in [0.4, 0.5) is 0 Å². The number of hydrogen-bond donors (Lipinski definition) is 0. The summed E-state index contributed by atoms with van der Waals surface area (Å²) in [6, 6.07) is 0. The molecule has 0 aliphatic heterocycles. The molecule has 7 heteroatoms. The van der Waals surface area contributed by atoms with Gasteiger partial charge in [-0.1, -0.05) is 11.6 Å². The summed E-state index contributed by atoms with van der Waals surface area (Å²) < 4.78 is 5.47. The minimum atomic E-state index is -0.530. The molecule has 0 radical (unpaired) electrons. The van der Waals surface area contributed by atoms with Crippen molar-refractivity contribution in [3.63, 3.8) is 0 Å². The van der Waals surface area contributed by atoms with Crippen molar-refractivity contribution in [3.05, 3.63) is 16.4 Å². The van der Waals surface area contributed by atoms with Crippen LogP contribution in [0.2, 0.25) is 5.15 Å². The van der Waals surface area contributed by atoms with E-state index in [9.17, 15) is 4.79 Å². The molecule has 15 heavy (non-hydrogen) atoms. The maximum atomic E-state index is 11.5. The average Bonchev–Trinajstić information content (AvgIpc) is 2.68. The van der Waals surface area contributed by atoms with E-state index in [4.69, 9.17) is 16.3 Å². The molecule has 78 valence electrons. The highest BCUT2D eigenvalue weighted by molar-refractivity contribution is 7.17. The number of halogens is 1. The molecule has 0 saturated carbocycles. The highest BCUT2D eigenvalue weighted by Gasteiger charge is 2.17. The molecular weight excluding hydrogens is 238 g/mol. The zero-order chi connectivity index (χ0) is 10.8. The van der Waals surface area contributed by atoms with Crippen molar-refractivity contribution in [1.29, 1.82) is 0 Å². The minimum absolute atomic E-state index is 0.109. The fourth-order valence-electron chi connectivity index (χ4n) is 1.08. The van der Waals surface area contributed by atoms with Crippen LogP contribution in [-0.2, 0) is 4.74 Å². The summed E-state index contributed by atoms with van der Waals surface area (Å²) in [5.41, 5.74) is 2.14. The number of hydrogen-bond acceptors (Lipinski definition) is 6. The third-order valence-corrected chi connectivity index (χ3v) is 2.90. The van der Waals surface area contributed by atoms with Crippen molar-refractivity contribution in [1.82, 2.24) is 15.2 Å². The van der Waals surface area contributed by atoms with Crippen LogP contribution < -0.4 is 0 Å². The number of esters is 1. The van der Waals surface area contributed by atoms with Crippen LogP contribution in [0.15, 0.2) is 5.51 Å². The first-order valence-corrected chi connectivity index (χ1v) is 5.42. The van der Waals surface area contributed by atoms with Gasteiger partial charge < -0.3 is 4.74 Å². The summed E-state index contributed by atoms with van der Waals surface area (Å²) in [6.07, 6.45) is 0. The van der Waals surface area contributed by atoms with Gasteiger partial charge in [0.25, 0.3) is 0 Å². The van der Waals surface area contributed by atoms with Gasteiger partial charge in [0, 0.05) is 0 Å². The van der Waals surface area contributed by atoms with Crippen LogP contribution in [0.3, 0.4) is 0 Å². The van der Waals surface area contributed by atoms with Crippen molar-refractivity contribution in [3.8, 4) is 0 Å². The Morgan fingerprint density at radius 2 is 2.40 bits per heavy atom. The first-order chi connectivity index (χ1) is 7.24. The molecule has 0 unspecified atom stereocenters. The van der Waals surface area contributed by atoms with Crippen LogP contribution in [0.5, 0.6) is 0 Å². The van der Waals surface area contributed by atoms with Gasteiger partial charge in [0.2, 0.25) is 0 Å². The quantitative estimate of drug-likeness (QED) is 0.754. The molecule has 2 aromatic rings. The monoisotopic (exact) mass is 243 g/mol. The first-order valence-electron chi connectivity index (χ1n) is 4.16. The number of rotatable bonds is 2. The average molecular weight is 244 g/mol. The number of aromatic nitrogens is 3. The summed E-state index contributed by atoms with van der Waals surface area (Å²) in [7, 11) is 0. The van der Waals surface area contributed by atoms with E-state index in [2.05, 4.69) is 15.2 Å². The van der Waals surface area contributed by atoms with E-state index >= 15 is 0 Å². The molecule has 0 atom stereocenters. The van der Waals surface area contributed by atoms with Crippen LogP contribution in [0.1, 0.15) is 17.4 Å². The Morgan fingerprint density at radius 1 is 1.60 bits per heavy atom. The predicted octanol–water partition coefficient (Wildman–Crippen LogP) is 1.92. The van der Waals surface area contributed by atoms with E-state index in [1.807, 2.05) is 0 Å². The van der Waals surface area contributed by atoms with Gasteiger partial charge in [-0.2, -0.15) is 0 Å². The predicted molar refractivity (Wildman–Crippen MR) is 56.2 cm³/mol. The summed E-state index contributed by atoms with van der Waals surface area (Å²) in [4.78, 5) is 15.5. The fourth-order valence-corrected chi connectivity index (χ4v) is 2.01. The maximum absolute atomic E-state index is 11.5. The maximum Gasteiger partial charge on any atom is 0.361 e. The third kappa shape index (κ3) is 1.78. The van der Waals surface area contributed by atoms with Gasteiger partial charge in [0.1, 0.15) is 5.52 Å². The number of ether oxygens (including phenoxy) is 1. The number of thiazole rings is 1. The molecule has 0 N–H and O–H groups in total. The molecule has 0 fully saturated rings. The summed E-state index contributed by atoms with van der Waals surface area (Å²) in [6.45, 7) is 2.01. The molecule has 0 aliphatic carbocycles. The zero-order valence-electron chi connectivity index (χ0n) is 7.73. The molecule has 0 aliphatic rings. The Kier molecular flexibility index (Phi) is 2.79. The lowest BCUT2D eigenvalue weighted by Crippen LogP contribution is -2.09. The lowest BCUT2D eigenvalue weighted by Gasteiger charge is -2.00. The van der Waals surface area contributed by atoms with E-state index in [0.29, 0.717) is 10.2 Å². The van der Waals surface area contributed by atoms with Crippen LogP contribution in [0.25, 0.3) is 10.2 Å². The minimum Gasteiger partial charge on any atom is -0.461 e. The number of nitrogens with zero attached hydrogens (tertiary/aromatic N) is 3. The van der Waals surface area contributed by atoms with Gasteiger partial charge in [-0.05, 0) is 6.92 Å². The molecule has 2 aromatic heterocycles. The van der Waals surface area contributed by atoms with Crippen molar-refractivity contribution < 1.29 is 9.53 Å². The van der Waals surface area contributed by atoms with Crippen molar-refractivity contribution in [2.45, 2.75) is 6.92 Å². The van der Waals surface area contributed by atoms with Crippen LogP contribution in [-0.4, -0.2) is 27.8 Å². The molecule has 2 rings (SSSR count). The molecule has 5 nitrogen and oxygen atoms in total. The van der Waals surface area contributed by atoms with Crippen molar-refractivity contribution in [2.24, 2.45) is 0 Å². The second-order valence-corrected chi connectivity index (χ2v) is 3.80. The smallest absolute Gasteiger partial charge is 0.361 e. The Bertz CT molecular complexity index is 514. The van der Waals surface area contributed by atoms with E-state index in [0.717, 1.165) is 0 Å².